The second-order valence-electron chi connectivity index (χ2n) is 8.62. The van der Waals surface area contributed by atoms with E-state index in [0.29, 0.717) is 36.3 Å². The van der Waals surface area contributed by atoms with Gasteiger partial charge in [0.05, 0.1) is 23.8 Å². The molecular weight excluding hydrogens is 380 g/mol. The molecule has 1 unspecified atom stereocenters. The highest BCUT2D eigenvalue weighted by Crippen LogP contribution is 2.30. The van der Waals surface area contributed by atoms with Gasteiger partial charge in [0.2, 0.25) is 17.6 Å². The fraction of sp³-hybridized carbons (Fsp3) is 0.565. The predicted molar refractivity (Wildman–Crippen MR) is 115 cm³/mol. The molecule has 7 heteroatoms. The minimum atomic E-state index is -0.625. The molecule has 0 radical (unpaired) electrons. The molecule has 1 aliphatic carbocycles. The normalized spacial score (nSPS) is 15.9. The Bertz CT molecular complexity index is 841. The van der Waals surface area contributed by atoms with Crippen LogP contribution in [0, 0.1) is 11.8 Å². The molecule has 0 saturated heterocycles. The molecule has 1 fully saturated rings. The number of nitrogens with zero attached hydrogens (tertiary/aromatic N) is 2. The maximum Gasteiger partial charge on any atom is 0.237 e. The molecule has 1 amide bonds. The molecule has 30 heavy (non-hydrogen) atoms. The molecule has 3 rings (SSSR count). The lowest BCUT2D eigenvalue weighted by atomic mass is 9.86. The van der Waals surface area contributed by atoms with Gasteiger partial charge in [-0.05, 0) is 36.8 Å². The maximum atomic E-state index is 12.9. The van der Waals surface area contributed by atoms with Crippen molar-refractivity contribution in [2.75, 3.05) is 6.54 Å². The first-order chi connectivity index (χ1) is 14.4. The average Bonchev–Trinajstić information content (AvgIpc) is 3.16. The van der Waals surface area contributed by atoms with Crippen molar-refractivity contribution in [2.24, 2.45) is 17.6 Å². The summed E-state index contributed by atoms with van der Waals surface area (Å²) >= 11 is 0. The maximum absolute atomic E-state index is 12.9. The lowest BCUT2D eigenvalue weighted by molar-refractivity contribution is -0.122. The number of nitrogens with two attached hydrogens (primary N) is 1. The van der Waals surface area contributed by atoms with Crippen LogP contribution in [0.25, 0.3) is 11.5 Å². The number of carbonyl (C=O) groups is 2. The number of ketones is 1. The smallest absolute Gasteiger partial charge is 0.237 e. The van der Waals surface area contributed by atoms with Gasteiger partial charge in [0, 0.05) is 12.4 Å². The minimum absolute atomic E-state index is 0.149. The molecular formula is C23H32N4O3. The number of rotatable bonds is 9. The minimum Gasteiger partial charge on any atom is -0.433 e. The lowest BCUT2D eigenvalue weighted by Gasteiger charge is -2.20. The second kappa shape index (κ2) is 10.5. The van der Waals surface area contributed by atoms with Crippen molar-refractivity contribution in [3.05, 3.63) is 36.0 Å². The number of nitrogens with one attached hydrogen (secondary N) is 1. The Balaban J connectivity index is 1.74. The highest BCUT2D eigenvalue weighted by Gasteiger charge is 2.25. The van der Waals surface area contributed by atoms with E-state index in [4.69, 9.17) is 10.2 Å². The number of pyridine rings is 1. The van der Waals surface area contributed by atoms with Gasteiger partial charge in [-0.3, -0.25) is 14.6 Å². The van der Waals surface area contributed by atoms with Crippen molar-refractivity contribution in [1.82, 2.24) is 15.3 Å². The molecule has 0 aliphatic heterocycles. The fourth-order valence-electron chi connectivity index (χ4n) is 3.98. The second-order valence-corrected chi connectivity index (χ2v) is 8.62. The third-order valence-electron chi connectivity index (χ3n) is 5.55. The zero-order valence-electron chi connectivity index (χ0n) is 17.9. The molecule has 7 nitrogen and oxygen atoms in total. The standard InChI is InChI=1S/C23H32N4O3/c1-15(2)11-18(24)22(29)26-14-20(28)21-19(12-16-7-4-3-5-8-16)27-23(30-21)17-9-6-10-25-13-17/h6,9-10,13,15-16,18H,3-5,7-8,11-12,14,24H2,1-2H3,(H,26,29). The Morgan fingerprint density at radius 1 is 1.27 bits per heavy atom. The number of amides is 1. The number of carbonyl (C=O) groups excluding carboxylic acids is 2. The zero-order valence-corrected chi connectivity index (χ0v) is 17.9. The topological polar surface area (TPSA) is 111 Å². The van der Waals surface area contributed by atoms with E-state index in [1.165, 1.54) is 19.3 Å². The first-order valence-corrected chi connectivity index (χ1v) is 10.9. The van der Waals surface area contributed by atoms with Crippen molar-refractivity contribution in [2.45, 2.75) is 64.8 Å². The highest BCUT2D eigenvalue weighted by atomic mass is 16.4. The Morgan fingerprint density at radius 2 is 2.03 bits per heavy atom. The van der Waals surface area contributed by atoms with Crippen molar-refractivity contribution < 1.29 is 14.0 Å². The number of oxazole rings is 1. The van der Waals surface area contributed by atoms with Crippen LogP contribution in [0.4, 0.5) is 0 Å². The molecule has 0 spiro atoms. The van der Waals surface area contributed by atoms with Crippen LogP contribution in [0.1, 0.15) is 68.6 Å². The van der Waals surface area contributed by atoms with E-state index in [-0.39, 0.29) is 24.0 Å². The van der Waals surface area contributed by atoms with Crippen molar-refractivity contribution in [1.29, 1.82) is 0 Å². The SMILES string of the molecule is CC(C)CC(N)C(=O)NCC(=O)c1oc(-c2cccnc2)nc1CC1CCCCC1. The fourth-order valence-corrected chi connectivity index (χ4v) is 3.98. The summed E-state index contributed by atoms with van der Waals surface area (Å²) in [7, 11) is 0. The third-order valence-corrected chi connectivity index (χ3v) is 5.55. The van der Waals surface area contributed by atoms with E-state index in [9.17, 15) is 9.59 Å². The van der Waals surface area contributed by atoms with Crippen molar-refractivity contribution >= 4 is 11.7 Å². The van der Waals surface area contributed by atoms with Crippen LogP contribution in [0.3, 0.4) is 0 Å². The molecule has 0 bridgehead atoms. The molecule has 162 valence electrons. The van der Waals surface area contributed by atoms with Crippen molar-refractivity contribution in [3.8, 4) is 11.5 Å². The summed E-state index contributed by atoms with van der Waals surface area (Å²) < 4.78 is 5.88. The quantitative estimate of drug-likeness (QED) is 0.610. The van der Waals surface area contributed by atoms with Crippen LogP contribution >= 0.6 is 0 Å². The van der Waals surface area contributed by atoms with Crippen LogP contribution in [0.5, 0.6) is 0 Å². The highest BCUT2D eigenvalue weighted by molar-refractivity contribution is 5.98. The molecule has 1 atom stereocenters. The molecule has 0 aromatic carbocycles. The van der Waals surface area contributed by atoms with Crippen molar-refractivity contribution in [3.63, 3.8) is 0 Å². The van der Waals surface area contributed by atoms with E-state index < -0.39 is 6.04 Å². The van der Waals surface area contributed by atoms with Gasteiger partial charge in [0.15, 0.2) is 5.76 Å². The van der Waals surface area contributed by atoms with Crippen LogP contribution < -0.4 is 11.1 Å². The average molecular weight is 413 g/mol. The summed E-state index contributed by atoms with van der Waals surface area (Å²) in [6.45, 7) is 3.86. The number of hydrogen-bond donors (Lipinski definition) is 2. The van der Waals surface area contributed by atoms with Gasteiger partial charge in [-0.25, -0.2) is 4.98 Å². The Kier molecular flexibility index (Phi) is 7.74. The first-order valence-electron chi connectivity index (χ1n) is 10.9. The van der Waals surface area contributed by atoms with Gasteiger partial charge in [-0.2, -0.15) is 0 Å². The largest absolute Gasteiger partial charge is 0.433 e. The van der Waals surface area contributed by atoms with Crippen LogP contribution in [0.2, 0.25) is 0 Å². The summed E-state index contributed by atoms with van der Waals surface area (Å²) in [6.07, 6.45) is 10.6. The summed E-state index contributed by atoms with van der Waals surface area (Å²) in [5.41, 5.74) is 7.31. The van der Waals surface area contributed by atoms with Gasteiger partial charge in [0.1, 0.15) is 0 Å². The molecule has 2 aromatic heterocycles. The molecule has 1 saturated carbocycles. The van der Waals surface area contributed by atoms with Gasteiger partial charge >= 0.3 is 0 Å². The summed E-state index contributed by atoms with van der Waals surface area (Å²) in [5.74, 6) is 0.828. The Morgan fingerprint density at radius 3 is 2.70 bits per heavy atom. The van der Waals surface area contributed by atoms with E-state index in [1.807, 2.05) is 19.9 Å². The number of hydrogen-bond acceptors (Lipinski definition) is 6. The Labute approximate surface area is 177 Å². The summed E-state index contributed by atoms with van der Waals surface area (Å²) in [6, 6.07) is 3.03. The van der Waals surface area contributed by atoms with Gasteiger partial charge in [0.25, 0.3) is 0 Å². The molecule has 2 aromatic rings. The summed E-state index contributed by atoms with van der Waals surface area (Å²) in [5, 5.41) is 2.65. The third kappa shape index (κ3) is 5.98. The molecule has 2 heterocycles. The number of aromatic nitrogens is 2. The zero-order chi connectivity index (χ0) is 21.5. The monoisotopic (exact) mass is 412 g/mol. The van der Waals surface area contributed by atoms with Gasteiger partial charge in [-0.1, -0.05) is 46.0 Å². The first kappa shape index (κ1) is 22.2. The van der Waals surface area contributed by atoms with Crippen LogP contribution in [0.15, 0.2) is 28.9 Å². The van der Waals surface area contributed by atoms with E-state index >= 15 is 0 Å². The van der Waals surface area contributed by atoms with Crippen LogP contribution in [-0.4, -0.2) is 34.2 Å². The van der Waals surface area contributed by atoms with Crippen LogP contribution in [-0.2, 0) is 11.2 Å². The van der Waals surface area contributed by atoms with Gasteiger partial charge in [-0.15, -0.1) is 0 Å². The molecule has 3 N–H and O–H groups in total. The number of Topliss-reactive ketones (excluding diaryl/α,β-unsaturated/α-hetero) is 1. The molecule has 1 aliphatic rings. The lowest BCUT2D eigenvalue weighted by Crippen LogP contribution is -2.43. The summed E-state index contributed by atoms with van der Waals surface area (Å²) in [4.78, 5) is 33.8. The van der Waals surface area contributed by atoms with E-state index in [2.05, 4.69) is 15.3 Å². The van der Waals surface area contributed by atoms with Gasteiger partial charge < -0.3 is 15.5 Å². The Hall–Kier alpha value is -2.54. The predicted octanol–water partition coefficient (Wildman–Crippen LogP) is 3.53. The van der Waals surface area contributed by atoms with E-state index in [0.717, 1.165) is 18.4 Å². The van der Waals surface area contributed by atoms with E-state index in [1.54, 1.807) is 18.5 Å².